The highest BCUT2D eigenvalue weighted by Crippen LogP contribution is 2.27. The van der Waals surface area contributed by atoms with Gasteiger partial charge in [-0.05, 0) is 11.8 Å². The molecule has 0 aromatic carbocycles. The lowest BCUT2D eigenvalue weighted by molar-refractivity contribution is 0.307. The van der Waals surface area contributed by atoms with Crippen LogP contribution < -0.4 is 0 Å². The first-order chi connectivity index (χ1) is 12.6. The van der Waals surface area contributed by atoms with Gasteiger partial charge in [-0.2, -0.15) is 0 Å². The maximum Gasteiger partial charge on any atom is -0.0357 e. The van der Waals surface area contributed by atoms with E-state index in [9.17, 15) is 0 Å². The zero-order valence-electron chi connectivity index (χ0n) is 19.3. The normalized spacial score (nSPS) is 12.0. The molecule has 0 bridgehead atoms. The van der Waals surface area contributed by atoms with Gasteiger partial charge in [0.2, 0.25) is 0 Å². The van der Waals surface area contributed by atoms with Crippen LogP contribution in [-0.4, -0.2) is 0 Å². The van der Waals surface area contributed by atoms with Crippen LogP contribution in [0.4, 0.5) is 0 Å². The van der Waals surface area contributed by atoms with Crippen LogP contribution >= 0.6 is 0 Å². The van der Waals surface area contributed by atoms with Gasteiger partial charge in [-0.15, -0.1) is 0 Å². The van der Waals surface area contributed by atoms with Crippen LogP contribution in [0.2, 0.25) is 0 Å². The van der Waals surface area contributed by atoms with E-state index >= 15 is 0 Å². The van der Waals surface area contributed by atoms with Gasteiger partial charge in [-0.1, -0.05) is 156 Å². The van der Waals surface area contributed by atoms with E-state index in [1.54, 1.807) is 0 Å². The van der Waals surface area contributed by atoms with Gasteiger partial charge in [0.1, 0.15) is 0 Å². The van der Waals surface area contributed by atoms with E-state index in [2.05, 4.69) is 27.7 Å². The highest BCUT2D eigenvalue weighted by Gasteiger charge is 2.13. The van der Waals surface area contributed by atoms with E-state index in [1.807, 2.05) is 0 Å². The van der Waals surface area contributed by atoms with Crippen LogP contribution in [0.3, 0.4) is 0 Å². The Morgan fingerprint density at radius 1 is 0.385 bits per heavy atom. The molecule has 0 saturated heterocycles. The Labute approximate surface area is 168 Å². The third-order valence-electron chi connectivity index (χ3n) is 6.41. The molecule has 0 rings (SSSR count). The first-order valence-corrected chi connectivity index (χ1v) is 12.6. The monoisotopic (exact) mass is 366 g/mol. The molecule has 0 aliphatic carbocycles. The lowest BCUT2D eigenvalue weighted by Gasteiger charge is -2.22. The van der Waals surface area contributed by atoms with Gasteiger partial charge >= 0.3 is 0 Å². The molecule has 0 aliphatic rings. The minimum Gasteiger partial charge on any atom is -0.0654 e. The van der Waals surface area contributed by atoms with Gasteiger partial charge in [-0.25, -0.2) is 0 Å². The third-order valence-corrected chi connectivity index (χ3v) is 6.41. The van der Waals surface area contributed by atoms with E-state index in [0.717, 1.165) is 0 Å². The van der Waals surface area contributed by atoms with Crippen molar-refractivity contribution in [3.05, 3.63) is 0 Å². The Kier molecular flexibility index (Phi) is 19.8. The SMILES string of the molecule is CCCCCCCCCCCCCCCCCCCCCC(C)(C)CC. The average molecular weight is 367 g/mol. The zero-order chi connectivity index (χ0) is 19.3. The van der Waals surface area contributed by atoms with Crippen molar-refractivity contribution in [1.29, 1.82) is 0 Å². The molecule has 0 radical (unpaired) electrons. The summed E-state index contributed by atoms with van der Waals surface area (Å²) < 4.78 is 0. The molecule has 0 nitrogen and oxygen atoms in total. The van der Waals surface area contributed by atoms with Crippen LogP contribution in [-0.2, 0) is 0 Å². The Balaban J connectivity index is 3.05. The number of rotatable bonds is 21. The fraction of sp³-hybridized carbons (Fsp3) is 1.00. The van der Waals surface area contributed by atoms with Crippen LogP contribution in [0.25, 0.3) is 0 Å². The van der Waals surface area contributed by atoms with Crippen molar-refractivity contribution in [2.24, 2.45) is 5.41 Å². The minimum absolute atomic E-state index is 0.578. The van der Waals surface area contributed by atoms with E-state index in [1.165, 1.54) is 135 Å². The topological polar surface area (TPSA) is 0 Å². The summed E-state index contributed by atoms with van der Waals surface area (Å²) in [5.74, 6) is 0. The van der Waals surface area contributed by atoms with Crippen LogP contribution in [0.1, 0.15) is 163 Å². The highest BCUT2D eigenvalue weighted by atomic mass is 14.2. The van der Waals surface area contributed by atoms with Crippen molar-refractivity contribution < 1.29 is 0 Å². The Morgan fingerprint density at radius 3 is 0.923 bits per heavy atom. The predicted octanol–water partition coefficient (Wildman–Crippen LogP) is 10.2. The summed E-state index contributed by atoms with van der Waals surface area (Å²) in [6.45, 7) is 9.47. The molecule has 0 N–H and O–H groups in total. The van der Waals surface area contributed by atoms with Crippen molar-refractivity contribution in [2.75, 3.05) is 0 Å². The molecule has 0 saturated carbocycles. The molecule has 0 fully saturated rings. The second-order valence-corrected chi connectivity index (χ2v) is 9.63. The zero-order valence-corrected chi connectivity index (χ0v) is 19.3. The lowest BCUT2D eigenvalue weighted by Crippen LogP contribution is -2.08. The summed E-state index contributed by atoms with van der Waals surface area (Å²) in [6, 6.07) is 0. The second-order valence-electron chi connectivity index (χ2n) is 9.63. The molecular weight excluding hydrogens is 312 g/mol. The fourth-order valence-corrected chi connectivity index (χ4v) is 3.86. The average Bonchev–Trinajstić information content (AvgIpc) is 2.63. The quantitative estimate of drug-likeness (QED) is 0.177. The van der Waals surface area contributed by atoms with E-state index in [-0.39, 0.29) is 0 Å². The van der Waals surface area contributed by atoms with Gasteiger partial charge in [0, 0.05) is 0 Å². The van der Waals surface area contributed by atoms with Gasteiger partial charge < -0.3 is 0 Å². The summed E-state index contributed by atoms with van der Waals surface area (Å²) in [4.78, 5) is 0. The Hall–Kier alpha value is 0. The van der Waals surface area contributed by atoms with Crippen molar-refractivity contribution in [1.82, 2.24) is 0 Å². The lowest BCUT2D eigenvalue weighted by atomic mass is 9.84. The summed E-state index contributed by atoms with van der Waals surface area (Å²) in [5.41, 5.74) is 0.578. The Morgan fingerprint density at radius 2 is 0.654 bits per heavy atom. The van der Waals surface area contributed by atoms with E-state index < -0.39 is 0 Å². The molecule has 0 spiro atoms. The van der Waals surface area contributed by atoms with Crippen molar-refractivity contribution in [3.63, 3.8) is 0 Å². The first-order valence-electron chi connectivity index (χ1n) is 12.6. The largest absolute Gasteiger partial charge is 0.0654 e. The van der Waals surface area contributed by atoms with Crippen molar-refractivity contribution in [3.8, 4) is 0 Å². The third kappa shape index (κ3) is 20.3. The molecule has 0 heterocycles. The molecule has 158 valence electrons. The van der Waals surface area contributed by atoms with Crippen LogP contribution in [0, 0.1) is 5.41 Å². The predicted molar refractivity (Wildman–Crippen MR) is 122 cm³/mol. The molecule has 0 aromatic heterocycles. The van der Waals surface area contributed by atoms with Gasteiger partial charge in [0.25, 0.3) is 0 Å². The number of unbranched alkanes of at least 4 members (excludes halogenated alkanes) is 18. The van der Waals surface area contributed by atoms with Gasteiger partial charge in [0.15, 0.2) is 0 Å². The van der Waals surface area contributed by atoms with Crippen molar-refractivity contribution >= 4 is 0 Å². The number of hydrogen-bond donors (Lipinski definition) is 0. The Bertz CT molecular complexity index is 253. The smallest absolute Gasteiger partial charge is 0.0357 e. The molecule has 0 aliphatic heterocycles. The van der Waals surface area contributed by atoms with Gasteiger partial charge in [0.05, 0.1) is 0 Å². The number of hydrogen-bond acceptors (Lipinski definition) is 0. The minimum atomic E-state index is 0.578. The van der Waals surface area contributed by atoms with Crippen LogP contribution in [0.15, 0.2) is 0 Å². The molecule has 0 unspecified atom stereocenters. The maximum atomic E-state index is 2.42. The summed E-state index contributed by atoms with van der Waals surface area (Å²) >= 11 is 0. The molecule has 0 atom stereocenters. The van der Waals surface area contributed by atoms with E-state index in [4.69, 9.17) is 0 Å². The molecule has 0 amide bonds. The molecule has 26 heavy (non-hydrogen) atoms. The van der Waals surface area contributed by atoms with Crippen molar-refractivity contribution in [2.45, 2.75) is 163 Å². The summed E-state index contributed by atoms with van der Waals surface area (Å²) in [7, 11) is 0. The molecule has 0 aromatic rings. The van der Waals surface area contributed by atoms with Crippen LogP contribution in [0.5, 0.6) is 0 Å². The molecule has 0 heteroatoms. The first kappa shape index (κ1) is 26.0. The fourth-order valence-electron chi connectivity index (χ4n) is 3.86. The summed E-state index contributed by atoms with van der Waals surface area (Å²) in [5, 5.41) is 0. The standard InChI is InChI=1S/C26H54/c1-5-7-8-9-10-11-12-13-14-15-16-17-18-19-20-21-22-23-24-25-26(3,4)6-2/h5-25H2,1-4H3. The van der Waals surface area contributed by atoms with E-state index in [0.29, 0.717) is 5.41 Å². The highest BCUT2D eigenvalue weighted by molar-refractivity contribution is 4.65. The maximum absolute atomic E-state index is 2.42. The second kappa shape index (κ2) is 19.8. The summed E-state index contributed by atoms with van der Waals surface area (Å²) in [6.07, 6.45) is 30.7. The molecular formula is C26H54. The van der Waals surface area contributed by atoms with Gasteiger partial charge in [-0.3, -0.25) is 0 Å².